The smallest absolute Gasteiger partial charge is 0.255 e. The van der Waals surface area contributed by atoms with Gasteiger partial charge >= 0.3 is 0 Å². The molecule has 0 radical (unpaired) electrons. The van der Waals surface area contributed by atoms with Gasteiger partial charge in [0.25, 0.3) is 7.37 Å². The molecule has 0 saturated heterocycles. The molecule has 3 nitrogen and oxygen atoms in total. The van der Waals surface area contributed by atoms with E-state index < -0.39 is 12.6 Å². The van der Waals surface area contributed by atoms with E-state index >= 15 is 0 Å². The van der Waals surface area contributed by atoms with Crippen molar-refractivity contribution >= 4 is 7.37 Å². The molecule has 1 atom stereocenters. The van der Waals surface area contributed by atoms with Gasteiger partial charge in [0.2, 0.25) is 0 Å². The molecule has 0 aromatic heterocycles. The second-order valence-electron chi connectivity index (χ2n) is 4.39. The SMILES string of the molecule is CC(C)([N+](C)(C)C)P(C)(=O)O. The van der Waals surface area contributed by atoms with Crippen LogP contribution in [0.3, 0.4) is 0 Å². The normalized spacial score (nSPS) is 19.5. The molecule has 0 heterocycles. The highest BCUT2D eigenvalue weighted by molar-refractivity contribution is 7.58. The highest BCUT2D eigenvalue weighted by Crippen LogP contribution is 2.53. The first-order valence-corrected chi connectivity index (χ1v) is 5.73. The Balaban J connectivity index is 4.91. The molecule has 0 rings (SSSR count). The van der Waals surface area contributed by atoms with E-state index in [1.807, 2.05) is 35.0 Å². The maximum Gasteiger partial charge on any atom is 0.255 e. The molecule has 0 amide bonds. The van der Waals surface area contributed by atoms with Crippen LogP contribution in [0.1, 0.15) is 13.8 Å². The third-order valence-corrected chi connectivity index (χ3v) is 5.29. The lowest BCUT2D eigenvalue weighted by Crippen LogP contribution is -2.52. The molecule has 0 aliphatic rings. The Morgan fingerprint density at radius 2 is 1.55 bits per heavy atom. The van der Waals surface area contributed by atoms with Gasteiger partial charge in [0, 0.05) is 6.66 Å². The van der Waals surface area contributed by atoms with Crippen molar-refractivity contribution in [3.63, 3.8) is 0 Å². The first-order valence-electron chi connectivity index (χ1n) is 3.62. The zero-order valence-electron chi connectivity index (χ0n) is 8.25. The Morgan fingerprint density at radius 3 is 1.55 bits per heavy atom. The van der Waals surface area contributed by atoms with Gasteiger partial charge in [0.05, 0.1) is 21.1 Å². The predicted octanol–water partition coefficient (Wildman–Crippen LogP) is 1.33. The Labute approximate surface area is 69.1 Å². The molecule has 4 heteroatoms. The van der Waals surface area contributed by atoms with E-state index in [1.165, 1.54) is 6.66 Å². The molecule has 0 spiro atoms. The number of nitrogens with zero attached hydrogens (tertiary/aromatic N) is 1. The van der Waals surface area contributed by atoms with Crippen LogP contribution < -0.4 is 0 Å². The van der Waals surface area contributed by atoms with Crippen LogP contribution in [-0.4, -0.2) is 42.5 Å². The number of hydrogen-bond donors (Lipinski definition) is 1. The van der Waals surface area contributed by atoms with Gasteiger partial charge in [-0.3, -0.25) is 4.57 Å². The lowest BCUT2D eigenvalue weighted by Gasteiger charge is -2.42. The van der Waals surface area contributed by atoms with Crippen molar-refractivity contribution in [2.45, 2.75) is 19.1 Å². The van der Waals surface area contributed by atoms with E-state index in [4.69, 9.17) is 0 Å². The topological polar surface area (TPSA) is 37.3 Å². The van der Waals surface area contributed by atoms with Crippen LogP contribution in [0.5, 0.6) is 0 Å². The molecule has 68 valence electrons. The maximum atomic E-state index is 11.4. The zero-order chi connectivity index (χ0) is 9.50. The summed E-state index contributed by atoms with van der Waals surface area (Å²) in [6.07, 6.45) is 0. The van der Waals surface area contributed by atoms with Crippen molar-refractivity contribution in [3.05, 3.63) is 0 Å². The monoisotopic (exact) mass is 180 g/mol. The summed E-state index contributed by atoms with van der Waals surface area (Å²) in [6.45, 7) is 5.04. The average Bonchev–Trinajstić information content (AvgIpc) is 1.58. The summed E-state index contributed by atoms with van der Waals surface area (Å²) >= 11 is 0. The van der Waals surface area contributed by atoms with E-state index in [1.54, 1.807) is 0 Å². The van der Waals surface area contributed by atoms with Crippen LogP contribution in [0.25, 0.3) is 0 Å². The Morgan fingerprint density at radius 1 is 1.27 bits per heavy atom. The van der Waals surface area contributed by atoms with Crippen LogP contribution in [0.4, 0.5) is 0 Å². The van der Waals surface area contributed by atoms with Crippen LogP contribution in [0, 0.1) is 0 Å². The van der Waals surface area contributed by atoms with Crippen LogP contribution in [0.2, 0.25) is 0 Å². The van der Waals surface area contributed by atoms with Crippen molar-refractivity contribution < 1.29 is 13.9 Å². The standard InChI is InChI=1S/C7H18NO2P/c1-7(2,8(3,4)5)11(6,9)10/h1-6H3/p+1. The minimum atomic E-state index is -3.02. The summed E-state index contributed by atoms with van der Waals surface area (Å²) in [7, 11) is 2.75. The van der Waals surface area contributed by atoms with Crippen LogP contribution in [-0.2, 0) is 4.57 Å². The highest BCUT2D eigenvalue weighted by atomic mass is 31.2. The predicted molar refractivity (Wildman–Crippen MR) is 47.9 cm³/mol. The van der Waals surface area contributed by atoms with E-state index in [-0.39, 0.29) is 0 Å². The second kappa shape index (κ2) is 2.58. The summed E-state index contributed by atoms with van der Waals surface area (Å²) in [5, 5.41) is -0.576. The van der Waals surface area contributed by atoms with E-state index in [2.05, 4.69) is 0 Å². The first-order chi connectivity index (χ1) is 4.50. The third-order valence-electron chi connectivity index (χ3n) is 2.66. The first kappa shape index (κ1) is 11.2. The van der Waals surface area contributed by atoms with Gasteiger partial charge in [0.1, 0.15) is 0 Å². The van der Waals surface area contributed by atoms with Crippen LogP contribution >= 0.6 is 7.37 Å². The van der Waals surface area contributed by atoms with E-state index in [0.717, 1.165) is 0 Å². The summed E-state index contributed by atoms with van der Waals surface area (Å²) in [5.74, 6) is 0. The molecule has 0 aliphatic carbocycles. The van der Waals surface area contributed by atoms with Crippen LogP contribution in [0.15, 0.2) is 0 Å². The molecule has 0 aromatic carbocycles. The molecule has 0 aromatic rings. The fraction of sp³-hybridized carbons (Fsp3) is 1.00. The van der Waals surface area contributed by atoms with E-state index in [9.17, 15) is 9.46 Å². The molecule has 0 aliphatic heterocycles. The summed E-state index contributed by atoms with van der Waals surface area (Å²) in [5.41, 5.74) is 0. The van der Waals surface area contributed by atoms with Gasteiger partial charge in [-0.15, -0.1) is 0 Å². The molecular weight excluding hydrogens is 161 g/mol. The van der Waals surface area contributed by atoms with Crippen molar-refractivity contribution in [3.8, 4) is 0 Å². The molecule has 0 saturated carbocycles. The number of rotatable bonds is 2. The van der Waals surface area contributed by atoms with Crippen molar-refractivity contribution in [2.24, 2.45) is 0 Å². The minimum Gasteiger partial charge on any atom is -0.340 e. The van der Waals surface area contributed by atoms with Crippen molar-refractivity contribution in [1.82, 2.24) is 0 Å². The van der Waals surface area contributed by atoms with Gasteiger partial charge in [-0.2, -0.15) is 0 Å². The maximum absolute atomic E-state index is 11.4. The molecule has 1 N–H and O–H groups in total. The quantitative estimate of drug-likeness (QED) is 0.514. The lowest BCUT2D eigenvalue weighted by atomic mass is 10.3. The largest absolute Gasteiger partial charge is 0.340 e. The summed E-state index contributed by atoms with van der Waals surface area (Å²) < 4.78 is 11.9. The van der Waals surface area contributed by atoms with Gasteiger partial charge in [-0.05, 0) is 13.8 Å². The Kier molecular flexibility index (Phi) is 2.61. The lowest BCUT2D eigenvalue weighted by molar-refractivity contribution is -0.904. The fourth-order valence-corrected chi connectivity index (χ4v) is 1.67. The highest BCUT2D eigenvalue weighted by Gasteiger charge is 2.46. The molecule has 11 heavy (non-hydrogen) atoms. The summed E-state index contributed by atoms with van der Waals surface area (Å²) in [6, 6.07) is 0. The zero-order valence-corrected chi connectivity index (χ0v) is 9.14. The number of quaternary nitrogens is 1. The molecule has 0 fully saturated rings. The minimum absolute atomic E-state index is 0.497. The Bertz CT molecular complexity index is 187. The van der Waals surface area contributed by atoms with Crippen molar-refractivity contribution in [1.29, 1.82) is 0 Å². The van der Waals surface area contributed by atoms with Gasteiger partial charge in [-0.25, -0.2) is 0 Å². The molecule has 0 bridgehead atoms. The Hall–Kier alpha value is 0.150. The number of hydrogen-bond acceptors (Lipinski definition) is 1. The van der Waals surface area contributed by atoms with Gasteiger partial charge in [0.15, 0.2) is 5.28 Å². The average molecular weight is 180 g/mol. The molecular formula is C7H19NO2P+. The molecule has 1 unspecified atom stereocenters. The second-order valence-corrected chi connectivity index (χ2v) is 7.24. The van der Waals surface area contributed by atoms with Crippen molar-refractivity contribution in [2.75, 3.05) is 27.8 Å². The fourth-order valence-electron chi connectivity index (χ4n) is 0.557. The third kappa shape index (κ3) is 2.05. The van der Waals surface area contributed by atoms with Gasteiger partial charge < -0.3 is 9.38 Å². The van der Waals surface area contributed by atoms with E-state index in [0.29, 0.717) is 4.48 Å². The summed E-state index contributed by atoms with van der Waals surface area (Å²) in [4.78, 5) is 9.42. The van der Waals surface area contributed by atoms with Gasteiger partial charge in [-0.1, -0.05) is 0 Å².